The molecule has 2 heterocycles. The first kappa shape index (κ1) is 16.6. The first-order chi connectivity index (χ1) is 12.1. The van der Waals surface area contributed by atoms with Crippen LogP contribution in [-0.4, -0.2) is 20.9 Å². The van der Waals surface area contributed by atoms with E-state index in [0.717, 1.165) is 22.4 Å². The Morgan fingerprint density at radius 1 is 1.00 bits per heavy atom. The van der Waals surface area contributed by atoms with Crippen LogP contribution in [0.3, 0.4) is 0 Å². The number of anilines is 2. The number of aromatic nitrogens is 3. The quantitative estimate of drug-likeness (QED) is 0.748. The summed E-state index contributed by atoms with van der Waals surface area (Å²) < 4.78 is 0. The summed E-state index contributed by atoms with van der Waals surface area (Å²) in [7, 11) is 0. The summed E-state index contributed by atoms with van der Waals surface area (Å²) >= 11 is 0. The zero-order valence-electron chi connectivity index (χ0n) is 14.2. The number of rotatable bonds is 5. The van der Waals surface area contributed by atoms with Crippen molar-refractivity contribution in [3.8, 4) is 0 Å². The lowest BCUT2D eigenvalue weighted by Crippen LogP contribution is -2.15. The number of benzene rings is 1. The van der Waals surface area contributed by atoms with Gasteiger partial charge in [0.25, 0.3) is 5.91 Å². The lowest BCUT2D eigenvalue weighted by atomic mass is 10.1. The summed E-state index contributed by atoms with van der Waals surface area (Å²) in [5, 5.41) is 5.98. The Morgan fingerprint density at radius 2 is 1.72 bits per heavy atom. The van der Waals surface area contributed by atoms with Crippen LogP contribution < -0.4 is 10.6 Å². The molecule has 0 fully saturated rings. The van der Waals surface area contributed by atoms with Crippen LogP contribution in [0.2, 0.25) is 0 Å². The van der Waals surface area contributed by atoms with Gasteiger partial charge in [-0.25, -0.2) is 9.97 Å². The largest absolute Gasteiger partial charge is 0.350 e. The van der Waals surface area contributed by atoms with Gasteiger partial charge in [0.05, 0.1) is 0 Å². The molecule has 1 amide bonds. The van der Waals surface area contributed by atoms with Crippen molar-refractivity contribution in [3.05, 3.63) is 77.4 Å². The van der Waals surface area contributed by atoms with Crippen LogP contribution in [0, 0.1) is 13.8 Å². The average molecular weight is 333 g/mol. The fourth-order valence-electron chi connectivity index (χ4n) is 2.49. The number of pyridine rings is 1. The van der Waals surface area contributed by atoms with Gasteiger partial charge in [0.15, 0.2) is 0 Å². The van der Waals surface area contributed by atoms with Gasteiger partial charge in [-0.15, -0.1) is 0 Å². The summed E-state index contributed by atoms with van der Waals surface area (Å²) in [6, 6.07) is 11.3. The van der Waals surface area contributed by atoms with Crippen LogP contribution >= 0.6 is 0 Å². The third-order valence-electron chi connectivity index (χ3n) is 3.57. The Kier molecular flexibility index (Phi) is 4.99. The molecule has 1 aromatic carbocycles. The smallest absolute Gasteiger partial charge is 0.274 e. The minimum Gasteiger partial charge on any atom is -0.350 e. The molecule has 0 aliphatic heterocycles. The van der Waals surface area contributed by atoms with Crippen LogP contribution in [0.1, 0.15) is 27.2 Å². The molecule has 0 saturated carbocycles. The van der Waals surface area contributed by atoms with E-state index < -0.39 is 0 Å². The predicted molar refractivity (Wildman–Crippen MR) is 97.5 cm³/mol. The zero-order valence-corrected chi connectivity index (χ0v) is 14.2. The second-order valence-electron chi connectivity index (χ2n) is 5.81. The molecule has 3 rings (SSSR count). The van der Waals surface area contributed by atoms with Crippen molar-refractivity contribution in [1.29, 1.82) is 0 Å². The number of carbonyl (C=O) groups excluding carboxylic acids is 1. The number of hydrogen-bond donors (Lipinski definition) is 2. The van der Waals surface area contributed by atoms with E-state index >= 15 is 0 Å². The molecule has 0 saturated heterocycles. The van der Waals surface area contributed by atoms with Crippen molar-refractivity contribution in [1.82, 2.24) is 15.0 Å². The highest BCUT2D eigenvalue weighted by Crippen LogP contribution is 2.15. The third kappa shape index (κ3) is 4.60. The standard InChI is InChI=1S/C19H19N5O/c1-13-9-14(2)11-16(10-13)23-18(25)17-5-8-21-19(24-17)22-12-15-3-6-20-7-4-15/h3-11H,12H2,1-2H3,(H,23,25)(H,21,22,24). The molecule has 6 heteroatoms. The first-order valence-electron chi connectivity index (χ1n) is 7.95. The van der Waals surface area contributed by atoms with E-state index in [1.165, 1.54) is 0 Å². The lowest BCUT2D eigenvalue weighted by molar-refractivity contribution is 0.102. The molecule has 25 heavy (non-hydrogen) atoms. The minimum absolute atomic E-state index is 0.264. The second kappa shape index (κ2) is 7.53. The summed E-state index contributed by atoms with van der Waals surface area (Å²) in [6.07, 6.45) is 5.02. The van der Waals surface area contributed by atoms with Crippen LogP contribution in [0.4, 0.5) is 11.6 Å². The van der Waals surface area contributed by atoms with Gasteiger partial charge in [0.2, 0.25) is 5.95 Å². The lowest BCUT2D eigenvalue weighted by Gasteiger charge is -2.09. The predicted octanol–water partition coefficient (Wildman–Crippen LogP) is 3.35. The maximum absolute atomic E-state index is 12.4. The number of nitrogens with zero attached hydrogens (tertiary/aromatic N) is 3. The van der Waals surface area contributed by atoms with E-state index in [1.807, 2.05) is 38.1 Å². The maximum atomic E-state index is 12.4. The van der Waals surface area contributed by atoms with E-state index in [2.05, 4.69) is 31.7 Å². The molecule has 0 atom stereocenters. The van der Waals surface area contributed by atoms with E-state index in [0.29, 0.717) is 18.2 Å². The number of aryl methyl sites for hydroxylation is 2. The first-order valence-corrected chi connectivity index (χ1v) is 7.95. The Labute approximate surface area is 146 Å². The zero-order chi connectivity index (χ0) is 17.6. The van der Waals surface area contributed by atoms with Crippen molar-refractivity contribution in [2.45, 2.75) is 20.4 Å². The molecule has 6 nitrogen and oxygen atoms in total. The molecule has 0 spiro atoms. The monoisotopic (exact) mass is 333 g/mol. The van der Waals surface area contributed by atoms with Gasteiger partial charge in [0, 0.05) is 30.8 Å². The van der Waals surface area contributed by atoms with Crippen LogP contribution in [0.15, 0.2) is 55.0 Å². The molecular weight excluding hydrogens is 314 g/mol. The van der Waals surface area contributed by atoms with E-state index in [1.54, 1.807) is 24.7 Å². The Hall–Kier alpha value is -3.28. The van der Waals surface area contributed by atoms with Crippen LogP contribution in [0.25, 0.3) is 0 Å². The van der Waals surface area contributed by atoms with Gasteiger partial charge in [-0.2, -0.15) is 0 Å². The van der Waals surface area contributed by atoms with Gasteiger partial charge in [-0.3, -0.25) is 9.78 Å². The van der Waals surface area contributed by atoms with Gasteiger partial charge in [0.1, 0.15) is 5.69 Å². The molecule has 0 aliphatic carbocycles. The third-order valence-corrected chi connectivity index (χ3v) is 3.57. The van der Waals surface area contributed by atoms with Gasteiger partial charge >= 0.3 is 0 Å². The van der Waals surface area contributed by atoms with Gasteiger partial charge in [-0.1, -0.05) is 6.07 Å². The highest BCUT2D eigenvalue weighted by atomic mass is 16.1. The Balaban J connectivity index is 1.68. The molecular formula is C19H19N5O. The normalized spacial score (nSPS) is 10.3. The van der Waals surface area contributed by atoms with Crippen molar-refractivity contribution in [2.75, 3.05) is 10.6 Å². The highest BCUT2D eigenvalue weighted by Gasteiger charge is 2.10. The molecule has 3 aromatic rings. The molecule has 0 bridgehead atoms. The summed E-state index contributed by atoms with van der Waals surface area (Å²) in [6.45, 7) is 4.55. The number of amides is 1. The summed E-state index contributed by atoms with van der Waals surface area (Å²) in [5.74, 6) is 0.143. The molecule has 0 unspecified atom stereocenters. The fourth-order valence-corrected chi connectivity index (χ4v) is 2.49. The minimum atomic E-state index is -0.264. The molecule has 2 aromatic heterocycles. The molecule has 0 aliphatic rings. The highest BCUT2D eigenvalue weighted by molar-refractivity contribution is 6.03. The van der Waals surface area contributed by atoms with E-state index in [9.17, 15) is 4.79 Å². The van der Waals surface area contributed by atoms with E-state index in [-0.39, 0.29) is 5.91 Å². The fraction of sp³-hybridized carbons (Fsp3) is 0.158. The second-order valence-corrected chi connectivity index (χ2v) is 5.81. The Bertz CT molecular complexity index is 860. The summed E-state index contributed by atoms with van der Waals surface area (Å²) in [4.78, 5) is 24.8. The molecule has 126 valence electrons. The summed E-state index contributed by atoms with van der Waals surface area (Å²) in [5.41, 5.74) is 4.32. The SMILES string of the molecule is Cc1cc(C)cc(NC(=O)c2ccnc(NCc3ccncc3)n2)c1. The molecule has 0 radical (unpaired) electrons. The maximum Gasteiger partial charge on any atom is 0.274 e. The van der Waals surface area contributed by atoms with Crippen molar-refractivity contribution in [2.24, 2.45) is 0 Å². The number of nitrogens with one attached hydrogen (secondary N) is 2. The van der Waals surface area contributed by atoms with E-state index in [4.69, 9.17) is 0 Å². The van der Waals surface area contributed by atoms with Gasteiger partial charge < -0.3 is 10.6 Å². The molecule has 2 N–H and O–H groups in total. The number of carbonyl (C=O) groups is 1. The van der Waals surface area contributed by atoms with Gasteiger partial charge in [-0.05, 0) is 60.9 Å². The van der Waals surface area contributed by atoms with Crippen molar-refractivity contribution >= 4 is 17.5 Å². The average Bonchev–Trinajstić information content (AvgIpc) is 2.60. The van der Waals surface area contributed by atoms with Crippen LogP contribution in [0.5, 0.6) is 0 Å². The Morgan fingerprint density at radius 3 is 2.44 bits per heavy atom. The number of hydrogen-bond acceptors (Lipinski definition) is 5. The van der Waals surface area contributed by atoms with Crippen molar-refractivity contribution in [3.63, 3.8) is 0 Å². The van der Waals surface area contributed by atoms with Crippen molar-refractivity contribution < 1.29 is 4.79 Å². The van der Waals surface area contributed by atoms with Crippen LogP contribution in [-0.2, 0) is 6.54 Å². The topological polar surface area (TPSA) is 79.8 Å².